The monoisotopic (exact) mass is 322 g/mol. The number of hydrogen-bond acceptors (Lipinski definition) is 2. The molecule has 2 N–H and O–H groups in total. The molecule has 0 bridgehead atoms. The summed E-state index contributed by atoms with van der Waals surface area (Å²) in [7, 11) is 0. The first-order chi connectivity index (χ1) is 11.4. The van der Waals surface area contributed by atoms with E-state index in [-0.39, 0.29) is 11.8 Å². The predicted octanol–water partition coefficient (Wildman–Crippen LogP) is 3.97. The van der Waals surface area contributed by atoms with Crippen LogP contribution in [0.1, 0.15) is 29.5 Å². The molecule has 0 aliphatic heterocycles. The van der Waals surface area contributed by atoms with Crippen molar-refractivity contribution in [1.82, 2.24) is 0 Å². The smallest absolute Gasteiger partial charge is 0.240 e. The van der Waals surface area contributed by atoms with E-state index in [4.69, 9.17) is 0 Å². The van der Waals surface area contributed by atoms with E-state index >= 15 is 0 Å². The van der Waals surface area contributed by atoms with E-state index in [9.17, 15) is 9.59 Å². The number of aryl methyl sites for hydroxylation is 2. The molecule has 0 unspecified atom stereocenters. The van der Waals surface area contributed by atoms with E-state index in [2.05, 4.69) is 10.6 Å². The molecule has 1 fully saturated rings. The largest absolute Gasteiger partial charge is 0.325 e. The topological polar surface area (TPSA) is 58.2 Å². The van der Waals surface area contributed by atoms with Crippen LogP contribution in [0.15, 0.2) is 42.5 Å². The summed E-state index contributed by atoms with van der Waals surface area (Å²) in [5.41, 5.74) is 3.76. The molecule has 1 aliphatic carbocycles. The van der Waals surface area contributed by atoms with Crippen molar-refractivity contribution in [2.45, 2.75) is 33.6 Å². The van der Waals surface area contributed by atoms with Crippen molar-refractivity contribution in [3.63, 3.8) is 0 Å². The van der Waals surface area contributed by atoms with E-state index in [0.717, 1.165) is 28.1 Å². The molecule has 1 saturated carbocycles. The zero-order valence-corrected chi connectivity index (χ0v) is 14.3. The lowest BCUT2D eigenvalue weighted by Crippen LogP contribution is -2.35. The van der Waals surface area contributed by atoms with Crippen LogP contribution in [0.25, 0.3) is 0 Å². The normalized spacial score (nSPS) is 14.8. The van der Waals surface area contributed by atoms with Gasteiger partial charge in [0.2, 0.25) is 11.8 Å². The summed E-state index contributed by atoms with van der Waals surface area (Å²) >= 11 is 0. The maximum Gasteiger partial charge on any atom is 0.240 e. The first-order valence-corrected chi connectivity index (χ1v) is 8.18. The van der Waals surface area contributed by atoms with Crippen molar-refractivity contribution in [3.8, 4) is 0 Å². The van der Waals surface area contributed by atoms with Crippen LogP contribution in [0.5, 0.6) is 0 Å². The summed E-state index contributed by atoms with van der Waals surface area (Å²) in [6.45, 7) is 5.94. The molecule has 0 heterocycles. The molecule has 0 saturated heterocycles. The second-order valence-corrected chi connectivity index (χ2v) is 6.61. The minimum Gasteiger partial charge on any atom is -0.325 e. The highest BCUT2D eigenvalue weighted by molar-refractivity contribution is 6.17. The first-order valence-electron chi connectivity index (χ1n) is 8.18. The maximum atomic E-state index is 12.7. The van der Waals surface area contributed by atoms with Gasteiger partial charge in [-0.2, -0.15) is 0 Å². The molecule has 4 nitrogen and oxygen atoms in total. The van der Waals surface area contributed by atoms with Crippen molar-refractivity contribution in [3.05, 3.63) is 59.2 Å². The van der Waals surface area contributed by atoms with E-state index < -0.39 is 5.41 Å². The molecular formula is C20H22N2O2. The second-order valence-electron chi connectivity index (χ2n) is 6.61. The Morgan fingerprint density at radius 2 is 1.58 bits per heavy atom. The Morgan fingerprint density at radius 1 is 0.917 bits per heavy atom. The van der Waals surface area contributed by atoms with Crippen molar-refractivity contribution in [1.29, 1.82) is 0 Å². The van der Waals surface area contributed by atoms with Crippen LogP contribution in [0.4, 0.5) is 11.4 Å². The van der Waals surface area contributed by atoms with Crippen LogP contribution in [-0.4, -0.2) is 11.8 Å². The summed E-state index contributed by atoms with van der Waals surface area (Å²) < 4.78 is 0. The molecule has 24 heavy (non-hydrogen) atoms. The number of amides is 2. The van der Waals surface area contributed by atoms with Gasteiger partial charge in [-0.3, -0.25) is 9.59 Å². The average molecular weight is 322 g/mol. The summed E-state index contributed by atoms with van der Waals surface area (Å²) in [4.78, 5) is 25.3. The molecule has 4 heteroatoms. The van der Waals surface area contributed by atoms with Crippen molar-refractivity contribution in [2.75, 3.05) is 10.6 Å². The minimum atomic E-state index is -0.945. The molecule has 0 atom stereocenters. The molecule has 2 aromatic rings. The van der Waals surface area contributed by atoms with Crippen LogP contribution >= 0.6 is 0 Å². The van der Waals surface area contributed by atoms with Crippen LogP contribution < -0.4 is 10.6 Å². The standard InChI is InChI=1S/C20H22N2O2/c1-13-6-4-8-16(12-13)21-18(23)20(10-11-20)19(24)22-17-9-5-7-14(2)15(17)3/h4-9,12H,10-11H2,1-3H3,(H,21,23)(H,22,24). The van der Waals surface area contributed by atoms with Gasteiger partial charge in [-0.1, -0.05) is 24.3 Å². The van der Waals surface area contributed by atoms with Crippen LogP contribution in [0.3, 0.4) is 0 Å². The molecule has 124 valence electrons. The molecule has 0 aromatic heterocycles. The lowest BCUT2D eigenvalue weighted by atomic mass is 10.0. The summed E-state index contributed by atoms with van der Waals surface area (Å²) in [5, 5.41) is 5.81. The van der Waals surface area contributed by atoms with E-state index in [1.54, 1.807) is 0 Å². The maximum absolute atomic E-state index is 12.7. The van der Waals surface area contributed by atoms with Crippen LogP contribution in [-0.2, 0) is 9.59 Å². The Hall–Kier alpha value is -2.62. The Bertz CT molecular complexity index is 807. The number of carbonyl (C=O) groups is 2. The Balaban J connectivity index is 1.74. The van der Waals surface area contributed by atoms with E-state index in [0.29, 0.717) is 12.8 Å². The van der Waals surface area contributed by atoms with Gasteiger partial charge < -0.3 is 10.6 Å². The fourth-order valence-electron chi connectivity index (χ4n) is 2.78. The number of carbonyl (C=O) groups excluding carboxylic acids is 2. The average Bonchev–Trinajstić information content (AvgIpc) is 3.34. The molecule has 3 rings (SSSR count). The van der Waals surface area contributed by atoms with Gasteiger partial charge in [0, 0.05) is 11.4 Å². The number of benzene rings is 2. The predicted molar refractivity (Wildman–Crippen MR) is 96.0 cm³/mol. The number of nitrogens with one attached hydrogen (secondary N) is 2. The van der Waals surface area contributed by atoms with Crippen LogP contribution in [0, 0.1) is 26.2 Å². The third-order valence-corrected chi connectivity index (χ3v) is 4.75. The van der Waals surface area contributed by atoms with Gasteiger partial charge in [0.25, 0.3) is 0 Å². The van der Waals surface area contributed by atoms with Gasteiger partial charge in [0.05, 0.1) is 0 Å². The zero-order valence-electron chi connectivity index (χ0n) is 14.3. The van der Waals surface area contributed by atoms with Gasteiger partial charge in [-0.05, 0) is 68.5 Å². The third-order valence-electron chi connectivity index (χ3n) is 4.75. The van der Waals surface area contributed by atoms with Gasteiger partial charge >= 0.3 is 0 Å². The number of rotatable bonds is 4. The highest BCUT2D eigenvalue weighted by Crippen LogP contribution is 2.47. The number of anilines is 2. The number of hydrogen-bond donors (Lipinski definition) is 2. The Labute approximate surface area is 142 Å². The van der Waals surface area contributed by atoms with Gasteiger partial charge in [0.1, 0.15) is 5.41 Å². The van der Waals surface area contributed by atoms with E-state index in [1.807, 2.05) is 63.2 Å². The van der Waals surface area contributed by atoms with Gasteiger partial charge in [-0.25, -0.2) is 0 Å². The van der Waals surface area contributed by atoms with Gasteiger partial charge in [-0.15, -0.1) is 0 Å². The van der Waals surface area contributed by atoms with Crippen molar-refractivity contribution in [2.24, 2.45) is 5.41 Å². The molecular weight excluding hydrogens is 300 g/mol. The molecule has 0 spiro atoms. The molecule has 2 amide bonds. The third kappa shape index (κ3) is 3.04. The minimum absolute atomic E-state index is 0.221. The highest BCUT2D eigenvalue weighted by Gasteiger charge is 2.56. The van der Waals surface area contributed by atoms with Crippen molar-refractivity contribution < 1.29 is 9.59 Å². The quantitative estimate of drug-likeness (QED) is 0.837. The Kier molecular flexibility index (Phi) is 4.14. The second kappa shape index (κ2) is 6.11. The zero-order chi connectivity index (χ0) is 17.3. The first kappa shape index (κ1) is 16.2. The van der Waals surface area contributed by atoms with Gasteiger partial charge in [0.15, 0.2) is 0 Å². The van der Waals surface area contributed by atoms with Crippen LogP contribution in [0.2, 0.25) is 0 Å². The molecule has 1 aliphatic rings. The fraction of sp³-hybridized carbons (Fsp3) is 0.300. The van der Waals surface area contributed by atoms with E-state index in [1.165, 1.54) is 0 Å². The van der Waals surface area contributed by atoms with Crippen molar-refractivity contribution >= 4 is 23.2 Å². The highest BCUT2D eigenvalue weighted by atomic mass is 16.2. The SMILES string of the molecule is Cc1cccc(NC(=O)C2(C(=O)Nc3cccc(C)c3C)CC2)c1. The lowest BCUT2D eigenvalue weighted by Gasteiger charge is -2.17. The fourth-order valence-corrected chi connectivity index (χ4v) is 2.78. The summed E-state index contributed by atoms with van der Waals surface area (Å²) in [6.07, 6.45) is 1.17. The lowest BCUT2D eigenvalue weighted by molar-refractivity contribution is -0.131. The molecule has 0 radical (unpaired) electrons. The summed E-state index contributed by atoms with van der Waals surface area (Å²) in [5.74, 6) is -0.447. The Morgan fingerprint density at radius 3 is 2.25 bits per heavy atom. The molecule has 2 aromatic carbocycles. The summed E-state index contributed by atoms with van der Waals surface area (Å²) in [6, 6.07) is 13.4.